The van der Waals surface area contributed by atoms with Crippen molar-refractivity contribution in [3.63, 3.8) is 0 Å². The zero-order valence-electron chi connectivity index (χ0n) is 33.9. The van der Waals surface area contributed by atoms with Crippen molar-refractivity contribution in [3.8, 4) is 89.0 Å². The van der Waals surface area contributed by atoms with Crippen LogP contribution in [0.5, 0.6) is 0 Å². The van der Waals surface area contributed by atoms with E-state index in [-0.39, 0.29) is 0 Å². The van der Waals surface area contributed by atoms with Crippen molar-refractivity contribution in [1.29, 1.82) is 0 Å². The van der Waals surface area contributed by atoms with Gasteiger partial charge in [0.15, 0.2) is 0 Å². The number of rotatable bonds is 6. The fourth-order valence-electron chi connectivity index (χ4n) is 10.8. The Balaban J connectivity index is 1.29. The Bertz CT molecular complexity index is 3670. The van der Waals surface area contributed by atoms with Gasteiger partial charge in [-0.1, -0.05) is 224 Å². The second kappa shape index (κ2) is 13.7. The van der Waals surface area contributed by atoms with Gasteiger partial charge in [0.25, 0.3) is 0 Å². The molecule has 1 aliphatic carbocycles. The highest BCUT2D eigenvalue weighted by Crippen LogP contribution is 2.58. The predicted octanol–water partition coefficient (Wildman–Crippen LogP) is 17.4. The van der Waals surface area contributed by atoms with Crippen molar-refractivity contribution in [1.82, 2.24) is 0 Å². The van der Waals surface area contributed by atoms with Gasteiger partial charge < -0.3 is 0 Å². The first-order valence-electron chi connectivity index (χ1n) is 21.6. The summed E-state index contributed by atoms with van der Waals surface area (Å²) in [5.74, 6) is 0. The molecule has 286 valence electrons. The SMILES string of the molecule is c1ccc(-c2c(-c3ccccc3)c(-c3ccccc3)c(-c3ccc4ccc5cccc6ccc3c4c56)c(-c3ccc4c(c3)-c3cccc5cccc-4c35)c2-c2ccccc2)cc1. The lowest BCUT2D eigenvalue weighted by molar-refractivity contribution is 1.52. The molecule has 0 saturated carbocycles. The molecule has 0 fully saturated rings. The van der Waals surface area contributed by atoms with Crippen LogP contribution in [0, 0.1) is 0 Å². The summed E-state index contributed by atoms with van der Waals surface area (Å²) in [5, 5.41) is 10.3. The molecule has 0 bridgehead atoms. The van der Waals surface area contributed by atoms with Gasteiger partial charge in [0, 0.05) is 0 Å². The van der Waals surface area contributed by atoms with Crippen molar-refractivity contribution in [3.05, 3.63) is 231 Å². The molecule has 0 nitrogen and oxygen atoms in total. The molecule has 0 spiro atoms. The predicted molar refractivity (Wildman–Crippen MR) is 265 cm³/mol. The van der Waals surface area contributed by atoms with Crippen LogP contribution in [0.25, 0.3) is 132 Å². The van der Waals surface area contributed by atoms with E-state index < -0.39 is 0 Å². The van der Waals surface area contributed by atoms with E-state index in [1.807, 2.05) is 0 Å². The minimum Gasteiger partial charge on any atom is -0.0622 e. The molecule has 13 rings (SSSR count). The fourth-order valence-corrected chi connectivity index (χ4v) is 10.8. The van der Waals surface area contributed by atoms with Gasteiger partial charge >= 0.3 is 0 Å². The summed E-state index contributed by atoms with van der Waals surface area (Å²) in [7, 11) is 0. The van der Waals surface area contributed by atoms with Gasteiger partial charge in [-0.25, -0.2) is 0 Å². The maximum absolute atomic E-state index is 2.50. The van der Waals surface area contributed by atoms with Crippen molar-refractivity contribution >= 4 is 43.1 Å². The molecular weight excluding hydrogens is 745 g/mol. The Morgan fingerprint density at radius 2 is 0.565 bits per heavy atom. The summed E-state index contributed by atoms with van der Waals surface area (Å²) in [6.45, 7) is 0. The van der Waals surface area contributed by atoms with Gasteiger partial charge in [-0.3, -0.25) is 0 Å². The molecule has 0 atom stereocenters. The van der Waals surface area contributed by atoms with E-state index in [2.05, 4.69) is 231 Å². The van der Waals surface area contributed by atoms with Crippen LogP contribution < -0.4 is 0 Å². The summed E-state index contributed by atoms with van der Waals surface area (Å²) in [4.78, 5) is 0. The van der Waals surface area contributed by atoms with Crippen LogP contribution in [-0.2, 0) is 0 Å². The first-order chi connectivity index (χ1) is 30.8. The normalized spacial score (nSPS) is 11.9. The molecule has 0 radical (unpaired) electrons. The fraction of sp³-hybridized carbons (Fsp3) is 0. The van der Waals surface area contributed by atoms with Crippen LogP contribution >= 0.6 is 0 Å². The minimum absolute atomic E-state index is 1.18. The summed E-state index contributed by atoms with van der Waals surface area (Å²) < 4.78 is 0. The third kappa shape index (κ3) is 5.14. The van der Waals surface area contributed by atoms with Crippen molar-refractivity contribution < 1.29 is 0 Å². The third-order valence-electron chi connectivity index (χ3n) is 13.3. The largest absolute Gasteiger partial charge is 0.0622 e. The van der Waals surface area contributed by atoms with Crippen LogP contribution in [0.4, 0.5) is 0 Å². The maximum Gasteiger partial charge on any atom is -0.000762 e. The number of fused-ring (bicyclic) bond motifs is 3. The van der Waals surface area contributed by atoms with E-state index in [9.17, 15) is 0 Å². The highest BCUT2D eigenvalue weighted by molar-refractivity contribution is 6.28. The monoisotopic (exact) mass is 782 g/mol. The van der Waals surface area contributed by atoms with Crippen molar-refractivity contribution in [2.45, 2.75) is 0 Å². The maximum atomic E-state index is 2.50. The zero-order valence-corrected chi connectivity index (χ0v) is 33.9. The first-order valence-corrected chi connectivity index (χ1v) is 21.6. The average Bonchev–Trinajstić information content (AvgIpc) is 3.67. The van der Waals surface area contributed by atoms with Crippen LogP contribution in [0.2, 0.25) is 0 Å². The van der Waals surface area contributed by atoms with E-state index in [1.54, 1.807) is 0 Å². The third-order valence-corrected chi connectivity index (χ3v) is 13.3. The van der Waals surface area contributed by atoms with Gasteiger partial charge in [0.1, 0.15) is 0 Å². The van der Waals surface area contributed by atoms with Crippen LogP contribution in [-0.4, -0.2) is 0 Å². The smallest absolute Gasteiger partial charge is 0.000762 e. The van der Waals surface area contributed by atoms with Crippen LogP contribution in [0.15, 0.2) is 231 Å². The summed E-state index contributed by atoms with van der Waals surface area (Å²) in [6, 6.07) is 86.0. The van der Waals surface area contributed by atoms with E-state index in [0.29, 0.717) is 0 Å². The Morgan fingerprint density at radius 3 is 1.10 bits per heavy atom. The second-order valence-corrected chi connectivity index (χ2v) is 16.7. The molecule has 12 aromatic carbocycles. The summed E-state index contributed by atoms with van der Waals surface area (Å²) in [5.41, 5.74) is 19.7. The Kier molecular flexibility index (Phi) is 7.71. The highest BCUT2D eigenvalue weighted by atomic mass is 14.3. The molecular formula is C62H38. The minimum atomic E-state index is 1.18. The van der Waals surface area contributed by atoms with E-state index >= 15 is 0 Å². The molecule has 0 amide bonds. The molecule has 1 aliphatic rings. The van der Waals surface area contributed by atoms with Gasteiger partial charge in [-0.2, -0.15) is 0 Å². The Morgan fingerprint density at radius 1 is 0.177 bits per heavy atom. The van der Waals surface area contributed by atoms with Gasteiger partial charge in [0.05, 0.1) is 0 Å². The lowest BCUT2D eigenvalue weighted by Gasteiger charge is -2.29. The molecule has 12 aromatic rings. The van der Waals surface area contributed by atoms with E-state index in [0.717, 1.165) is 0 Å². The molecule has 0 aromatic heterocycles. The molecule has 0 unspecified atom stereocenters. The molecule has 0 heteroatoms. The Hall–Kier alpha value is -8.06. The van der Waals surface area contributed by atoms with Crippen LogP contribution in [0.3, 0.4) is 0 Å². The number of benzene rings is 12. The van der Waals surface area contributed by atoms with E-state index in [1.165, 1.54) is 132 Å². The zero-order chi connectivity index (χ0) is 40.7. The molecule has 0 heterocycles. The lowest BCUT2D eigenvalue weighted by atomic mass is 9.73. The highest BCUT2D eigenvalue weighted by Gasteiger charge is 2.31. The van der Waals surface area contributed by atoms with Crippen molar-refractivity contribution in [2.75, 3.05) is 0 Å². The van der Waals surface area contributed by atoms with Crippen LogP contribution in [0.1, 0.15) is 0 Å². The molecule has 0 N–H and O–H groups in total. The number of hydrogen-bond acceptors (Lipinski definition) is 0. The lowest BCUT2D eigenvalue weighted by Crippen LogP contribution is -2.02. The Labute approximate surface area is 361 Å². The van der Waals surface area contributed by atoms with Gasteiger partial charge in [-0.05, 0) is 138 Å². The second-order valence-electron chi connectivity index (χ2n) is 16.7. The summed E-state index contributed by atoms with van der Waals surface area (Å²) >= 11 is 0. The van der Waals surface area contributed by atoms with Gasteiger partial charge in [-0.15, -0.1) is 0 Å². The number of hydrogen-bond donors (Lipinski definition) is 0. The summed E-state index contributed by atoms with van der Waals surface area (Å²) in [6.07, 6.45) is 0. The standard InChI is InChI=1S/C62H38/c1-5-16-40(17-6-1)57-58(41-18-7-2-8-19-41)60(43-22-11-4-12-23-43)62(52-37-33-46-31-30-44-24-13-25-45-32-36-51(52)56(46)54(44)45)61(59(57)42-20-9-3-10-21-42)47-34-35-48-49-28-14-26-39-27-15-29-50(55(39)49)53(48)38-47/h1-38H. The van der Waals surface area contributed by atoms with Crippen molar-refractivity contribution in [2.24, 2.45) is 0 Å². The quantitative estimate of drug-likeness (QED) is 0.147. The molecule has 0 saturated heterocycles. The first kappa shape index (κ1) is 34.8. The topological polar surface area (TPSA) is 0 Å². The molecule has 62 heavy (non-hydrogen) atoms. The van der Waals surface area contributed by atoms with E-state index in [4.69, 9.17) is 0 Å². The molecule has 0 aliphatic heterocycles. The average molecular weight is 783 g/mol. The van der Waals surface area contributed by atoms with Gasteiger partial charge in [0.2, 0.25) is 0 Å².